The van der Waals surface area contributed by atoms with Gasteiger partial charge in [0.15, 0.2) is 6.29 Å². The van der Waals surface area contributed by atoms with Gasteiger partial charge in [-0.25, -0.2) is 4.39 Å². The molecular weight excluding hydrogens is 447 g/mol. The third-order valence-corrected chi connectivity index (χ3v) is 5.42. The summed E-state index contributed by atoms with van der Waals surface area (Å²) < 4.78 is 31.5. The monoisotopic (exact) mass is 468 g/mol. The van der Waals surface area contributed by atoms with Crippen LogP contribution in [0.3, 0.4) is 0 Å². The second kappa shape index (κ2) is 11.9. The highest BCUT2D eigenvalue weighted by atomic mass is 19.1. The lowest BCUT2D eigenvalue weighted by atomic mass is 9.84. The number of rotatable bonds is 8. The Balaban J connectivity index is 2.41. The van der Waals surface area contributed by atoms with E-state index >= 15 is 4.39 Å². The SMILES string of the molecule is CC(=O)O[C@@H]1[C@@H](O)[C@H](O[C@H]2O[C@H](CN=[N+]=[N-])[C@@H](C)[C@@H](F)[C@H]2N=[N+]=[N-])[C@@H](N=[N+]=[N-])C[C@H]1N=[N+]=[N-]. The lowest BCUT2D eigenvalue weighted by molar-refractivity contribution is -0.272. The Bertz CT molecular complexity index is 911. The van der Waals surface area contributed by atoms with Gasteiger partial charge in [-0.05, 0) is 28.5 Å². The van der Waals surface area contributed by atoms with Gasteiger partial charge in [0.2, 0.25) is 0 Å². The van der Waals surface area contributed by atoms with Gasteiger partial charge in [-0.3, -0.25) is 4.79 Å². The van der Waals surface area contributed by atoms with Gasteiger partial charge in [0.25, 0.3) is 0 Å². The Labute approximate surface area is 185 Å². The van der Waals surface area contributed by atoms with Gasteiger partial charge in [-0.15, -0.1) is 0 Å². The molecule has 2 aliphatic rings. The van der Waals surface area contributed by atoms with Crippen LogP contribution in [0.4, 0.5) is 4.39 Å². The van der Waals surface area contributed by atoms with Gasteiger partial charge in [-0.2, -0.15) is 0 Å². The fourth-order valence-electron chi connectivity index (χ4n) is 3.84. The minimum absolute atomic E-state index is 0.176. The van der Waals surface area contributed by atoms with Crippen LogP contribution in [-0.4, -0.2) is 72.6 Å². The van der Waals surface area contributed by atoms with Crippen molar-refractivity contribution < 1.29 is 28.5 Å². The summed E-state index contributed by atoms with van der Waals surface area (Å²) in [6.45, 7) is 2.30. The second-order valence-electron chi connectivity index (χ2n) is 7.40. The first-order valence-corrected chi connectivity index (χ1v) is 9.72. The number of azide groups is 4. The number of hydrogen-bond acceptors (Lipinski definition) is 9. The molecule has 0 radical (unpaired) electrons. The van der Waals surface area contributed by atoms with Gasteiger partial charge < -0.3 is 19.3 Å². The summed E-state index contributed by atoms with van der Waals surface area (Å²) in [7, 11) is 0. The number of aliphatic hydroxyl groups excluding tert-OH is 1. The molecule has 0 amide bonds. The minimum Gasteiger partial charge on any atom is -0.459 e. The van der Waals surface area contributed by atoms with Crippen LogP contribution < -0.4 is 0 Å². The summed E-state index contributed by atoms with van der Waals surface area (Å²) in [5, 5.41) is 24.7. The van der Waals surface area contributed by atoms with E-state index in [0.717, 1.165) is 6.92 Å². The third kappa shape index (κ3) is 6.06. The van der Waals surface area contributed by atoms with E-state index in [9.17, 15) is 9.90 Å². The van der Waals surface area contributed by atoms with E-state index < -0.39 is 66.9 Å². The van der Waals surface area contributed by atoms with E-state index in [4.69, 9.17) is 36.3 Å². The summed E-state index contributed by atoms with van der Waals surface area (Å²) in [4.78, 5) is 22.1. The molecule has 18 heteroatoms. The van der Waals surface area contributed by atoms with Crippen molar-refractivity contribution in [2.75, 3.05) is 6.54 Å². The van der Waals surface area contributed by atoms with Gasteiger partial charge in [0.1, 0.15) is 24.4 Å². The largest absolute Gasteiger partial charge is 0.459 e. The highest BCUT2D eigenvalue weighted by molar-refractivity contribution is 5.66. The van der Waals surface area contributed by atoms with Gasteiger partial charge in [0.05, 0.1) is 30.8 Å². The van der Waals surface area contributed by atoms with Crippen LogP contribution in [0.15, 0.2) is 20.5 Å². The Hall–Kier alpha value is -3.48. The van der Waals surface area contributed by atoms with Crippen molar-refractivity contribution in [2.24, 2.45) is 26.4 Å². The lowest BCUT2D eigenvalue weighted by Crippen LogP contribution is -2.60. The molecule has 178 valence electrons. The molecule has 0 spiro atoms. The molecule has 1 saturated carbocycles. The van der Waals surface area contributed by atoms with Crippen molar-refractivity contribution in [1.29, 1.82) is 0 Å². The molecule has 1 N–H and O–H groups in total. The third-order valence-electron chi connectivity index (χ3n) is 5.42. The predicted octanol–water partition coefficient (Wildman–Crippen LogP) is 3.11. The van der Waals surface area contributed by atoms with Crippen molar-refractivity contribution >= 4 is 5.97 Å². The zero-order valence-electron chi connectivity index (χ0n) is 17.5. The van der Waals surface area contributed by atoms with Crippen LogP contribution >= 0.6 is 0 Å². The molecule has 1 saturated heterocycles. The maximum absolute atomic E-state index is 15.0. The van der Waals surface area contributed by atoms with Gasteiger partial charge >= 0.3 is 5.97 Å². The Morgan fingerprint density at radius 3 is 2.24 bits per heavy atom. The molecule has 1 aliphatic heterocycles. The quantitative estimate of drug-likeness (QED) is 0.243. The molecule has 0 bridgehead atoms. The van der Waals surface area contributed by atoms with Gasteiger partial charge in [-0.1, -0.05) is 27.4 Å². The summed E-state index contributed by atoms with van der Waals surface area (Å²) in [6.07, 6.45) is -8.94. The zero-order chi connectivity index (χ0) is 24.5. The molecule has 0 aromatic carbocycles. The molecule has 0 aromatic rings. The Morgan fingerprint density at radius 2 is 1.70 bits per heavy atom. The summed E-state index contributed by atoms with van der Waals surface area (Å²) >= 11 is 0. The maximum atomic E-state index is 15.0. The van der Waals surface area contributed by atoms with Crippen LogP contribution in [0.1, 0.15) is 20.3 Å². The van der Waals surface area contributed by atoms with Crippen LogP contribution in [0, 0.1) is 5.92 Å². The Kier molecular flexibility index (Phi) is 9.33. The van der Waals surface area contributed by atoms with Gasteiger partial charge in [0, 0.05) is 32.5 Å². The molecule has 2 fully saturated rings. The van der Waals surface area contributed by atoms with E-state index in [1.165, 1.54) is 6.92 Å². The molecule has 1 aliphatic carbocycles. The fourth-order valence-corrected chi connectivity index (χ4v) is 3.84. The Morgan fingerprint density at radius 1 is 1.09 bits per heavy atom. The van der Waals surface area contributed by atoms with E-state index in [0.29, 0.717) is 0 Å². The number of esters is 1. The summed E-state index contributed by atoms with van der Waals surface area (Å²) in [6, 6.07) is -3.72. The molecule has 1 heterocycles. The van der Waals surface area contributed by atoms with E-state index in [1.54, 1.807) is 0 Å². The van der Waals surface area contributed by atoms with E-state index in [1.807, 2.05) is 0 Å². The van der Waals surface area contributed by atoms with Crippen LogP contribution in [-0.2, 0) is 19.0 Å². The first-order valence-electron chi connectivity index (χ1n) is 9.72. The molecular formula is C15H21FN12O5. The number of alkyl halides is 1. The van der Waals surface area contributed by atoms with E-state index in [2.05, 4.69) is 40.1 Å². The highest BCUT2D eigenvalue weighted by Crippen LogP contribution is 2.36. The topological polar surface area (TPSA) is 260 Å². The molecule has 33 heavy (non-hydrogen) atoms. The average molecular weight is 468 g/mol. The smallest absolute Gasteiger partial charge is 0.303 e. The molecule has 0 aromatic heterocycles. The molecule has 17 nitrogen and oxygen atoms in total. The highest BCUT2D eigenvalue weighted by Gasteiger charge is 2.51. The first-order chi connectivity index (χ1) is 15.8. The molecule has 10 atom stereocenters. The van der Waals surface area contributed by atoms with Crippen LogP contribution in [0.25, 0.3) is 41.8 Å². The number of hydrogen-bond donors (Lipinski definition) is 1. The minimum atomic E-state index is -1.77. The van der Waals surface area contributed by atoms with E-state index in [-0.39, 0.29) is 13.0 Å². The number of carbonyl (C=O) groups excluding carboxylic acids is 1. The second-order valence-corrected chi connectivity index (χ2v) is 7.40. The number of nitrogens with zero attached hydrogens (tertiary/aromatic N) is 12. The standard InChI is InChI=1S/C15H21FN12O5/c1-5-9(4-21-25-17)32-15(11(10(5)16)24-28-20)33-14-8(23-27-19)3-7(22-26-18)13(12(14)30)31-6(2)29/h5,7-15,30H,3-4H2,1-2H3/t5-,7-,8+,9-,10-,11-,12-,13+,14-,15-/m1/s1. The average Bonchev–Trinajstić information content (AvgIpc) is 2.77. The summed E-state index contributed by atoms with van der Waals surface area (Å²) in [5.41, 5.74) is 35.2. The fraction of sp³-hybridized carbons (Fsp3) is 0.933. The van der Waals surface area contributed by atoms with Crippen molar-refractivity contribution in [3.05, 3.63) is 41.8 Å². The lowest BCUT2D eigenvalue weighted by Gasteiger charge is -2.45. The molecule has 0 unspecified atom stereocenters. The number of ether oxygens (including phenoxy) is 3. The van der Waals surface area contributed by atoms with Crippen molar-refractivity contribution in [2.45, 2.75) is 75.3 Å². The number of aliphatic hydroxyl groups is 1. The number of carbonyl (C=O) groups is 1. The first kappa shape index (κ1) is 25.8. The molecule has 2 rings (SSSR count). The summed E-state index contributed by atoms with van der Waals surface area (Å²) in [5.74, 6) is -1.62. The predicted molar refractivity (Wildman–Crippen MR) is 107 cm³/mol. The normalized spacial score (nSPS) is 37.8. The van der Waals surface area contributed by atoms with Crippen molar-refractivity contribution in [3.8, 4) is 0 Å². The van der Waals surface area contributed by atoms with Crippen molar-refractivity contribution in [3.63, 3.8) is 0 Å². The van der Waals surface area contributed by atoms with Crippen molar-refractivity contribution in [1.82, 2.24) is 0 Å². The number of halogens is 1. The van der Waals surface area contributed by atoms with Crippen LogP contribution in [0.5, 0.6) is 0 Å². The maximum Gasteiger partial charge on any atom is 0.303 e. The van der Waals surface area contributed by atoms with Crippen LogP contribution in [0.2, 0.25) is 0 Å². The zero-order valence-corrected chi connectivity index (χ0v) is 17.5.